The van der Waals surface area contributed by atoms with E-state index < -0.39 is 0 Å². The predicted molar refractivity (Wildman–Crippen MR) is 217 cm³/mol. The van der Waals surface area contributed by atoms with Gasteiger partial charge in [-0.3, -0.25) is 0 Å². The summed E-state index contributed by atoms with van der Waals surface area (Å²) >= 11 is 0. The molecule has 0 fully saturated rings. The number of hydrogen-bond acceptors (Lipinski definition) is 1. The van der Waals surface area contributed by atoms with Crippen LogP contribution in [-0.2, 0) is 0 Å². The van der Waals surface area contributed by atoms with E-state index >= 15 is 0 Å². The number of furan rings is 1. The number of hydrogen-bond donors (Lipinski definition) is 0. The number of para-hydroxylation sites is 5. The maximum atomic E-state index is 6.39. The molecule has 12 rings (SSSR count). The zero-order valence-electron chi connectivity index (χ0n) is 28.0. The molecule has 0 aliphatic rings. The molecule has 12 aromatic rings. The molecule has 0 aliphatic carbocycles. The lowest BCUT2D eigenvalue weighted by atomic mass is 10.1. The Balaban J connectivity index is 1.31. The molecule has 0 radical (unpaired) electrons. The molecule has 4 heterocycles. The van der Waals surface area contributed by atoms with Crippen molar-refractivity contribution in [1.82, 2.24) is 13.7 Å². The van der Waals surface area contributed by atoms with Gasteiger partial charge in [-0.1, -0.05) is 109 Å². The van der Waals surface area contributed by atoms with Crippen molar-refractivity contribution in [1.29, 1.82) is 0 Å². The fraction of sp³-hybridized carbons (Fsp3) is 0. The van der Waals surface area contributed by atoms with E-state index in [4.69, 9.17) is 4.42 Å². The number of aromatic nitrogens is 3. The Morgan fingerprint density at radius 1 is 0.288 bits per heavy atom. The Bertz CT molecular complexity index is 3390. The first kappa shape index (κ1) is 27.7. The lowest BCUT2D eigenvalue weighted by Crippen LogP contribution is -1.96. The molecule has 0 bridgehead atoms. The third kappa shape index (κ3) is 3.55. The van der Waals surface area contributed by atoms with E-state index in [9.17, 15) is 0 Å². The average Bonchev–Trinajstić information content (AvgIpc) is 3.94. The summed E-state index contributed by atoms with van der Waals surface area (Å²) in [4.78, 5) is 0. The molecular formula is C48H29N3O. The normalized spacial score (nSPS) is 12.2. The molecule has 4 aromatic heterocycles. The van der Waals surface area contributed by atoms with Gasteiger partial charge in [-0.15, -0.1) is 0 Å². The van der Waals surface area contributed by atoms with Crippen LogP contribution in [0.15, 0.2) is 180 Å². The molecule has 8 aromatic carbocycles. The molecule has 0 aliphatic heterocycles. The van der Waals surface area contributed by atoms with Crippen molar-refractivity contribution in [2.75, 3.05) is 0 Å². The largest absolute Gasteiger partial charge is 0.456 e. The smallest absolute Gasteiger partial charge is 0.137 e. The highest BCUT2D eigenvalue weighted by atomic mass is 16.3. The summed E-state index contributed by atoms with van der Waals surface area (Å²) in [5, 5.41) is 9.67. The van der Waals surface area contributed by atoms with E-state index in [-0.39, 0.29) is 0 Å². The van der Waals surface area contributed by atoms with Gasteiger partial charge in [0.2, 0.25) is 0 Å². The van der Waals surface area contributed by atoms with Gasteiger partial charge in [-0.2, -0.15) is 0 Å². The molecular weight excluding hydrogens is 635 g/mol. The zero-order valence-corrected chi connectivity index (χ0v) is 28.0. The van der Waals surface area contributed by atoms with Gasteiger partial charge in [0, 0.05) is 49.1 Å². The van der Waals surface area contributed by atoms with Crippen LogP contribution in [0.1, 0.15) is 0 Å². The Morgan fingerprint density at radius 2 is 0.788 bits per heavy atom. The second-order valence-electron chi connectivity index (χ2n) is 13.7. The first-order valence-corrected chi connectivity index (χ1v) is 17.8. The summed E-state index contributed by atoms with van der Waals surface area (Å²) in [6, 6.07) is 63.4. The zero-order chi connectivity index (χ0) is 33.9. The van der Waals surface area contributed by atoms with Crippen molar-refractivity contribution in [3.05, 3.63) is 176 Å². The first-order valence-electron chi connectivity index (χ1n) is 17.8. The maximum Gasteiger partial charge on any atom is 0.137 e. The van der Waals surface area contributed by atoms with Crippen LogP contribution in [0.2, 0.25) is 0 Å². The predicted octanol–water partition coefficient (Wildman–Crippen LogP) is 12.9. The molecule has 52 heavy (non-hydrogen) atoms. The highest BCUT2D eigenvalue weighted by molar-refractivity contribution is 6.32. The van der Waals surface area contributed by atoms with Crippen molar-refractivity contribution in [3.8, 4) is 17.1 Å². The van der Waals surface area contributed by atoms with E-state index in [1.807, 2.05) is 6.07 Å². The van der Waals surface area contributed by atoms with Crippen molar-refractivity contribution in [2.45, 2.75) is 0 Å². The molecule has 0 atom stereocenters. The summed E-state index contributed by atoms with van der Waals surface area (Å²) in [7, 11) is 0. The Hall–Kier alpha value is -7.04. The van der Waals surface area contributed by atoms with Gasteiger partial charge in [-0.25, -0.2) is 0 Å². The van der Waals surface area contributed by atoms with Crippen LogP contribution in [0.5, 0.6) is 0 Å². The van der Waals surface area contributed by atoms with E-state index in [1.54, 1.807) is 0 Å². The highest BCUT2D eigenvalue weighted by Crippen LogP contribution is 2.47. The molecule has 0 unspecified atom stereocenters. The topological polar surface area (TPSA) is 27.9 Å². The molecule has 0 N–H and O–H groups in total. The summed E-state index contributed by atoms with van der Waals surface area (Å²) < 4.78 is 13.8. The second kappa shape index (κ2) is 10.3. The van der Waals surface area contributed by atoms with Crippen LogP contribution < -0.4 is 0 Å². The molecule has 0 spiro atoms. The minimum atomic E-state index is 0.890. The molecule has 4 nitrogen and oxygen atoms in total. The lowest BCUT2D eigenvalue weighted by Gasteiger charge is -2.11. The fourth-order valence-electron chi connectivity index (χ4n) is 8.99. The van der Waals surface area contributed by atoms with Crippen molar-refractivity contribution < 1.29 is 4.42 Å². The second-order valence-corrected chi connectivity index (χ2v) is 13.7. The summed E-state index contributed by atoms with van der Waals surface area (Å²) in [5.74, 6) is 0. The van der Waals surface area contributed by atoms with Crippen molar-refractivity contribution in [3.63, 3.8) is 0 Å². The third-order valence-electron chi connectivity index (χ3n) is 11.0. The van der Waals surface area contributed by atoms with Gasteiger partial charge in [0.15, 0.2) is 0 Å². The molecule has 0 amide bonds. The number of fused-ring (bicyclic) bond motifs is 14. The van der Waals surface area contributed by atoms with Crippen LogP contribution in [0.25, 0.3) is 104 Å². The van der Waals surface area contributed by atoms with E-state index in [0.29, 0.717) is 0 Å². The third-order valence-corrected chi connectivity index (χ3v) is 11.0. The average molecular weight is 664 g/mol. The molecule has 0 saturated heterocycles. The van der Waals surface area contributed by atoms with E-state index in [0.717, 1.165) is 44.5 Å². The Labute approximate surface area is 297 Å². The quantitative estimate of drug-likeness (QED) is 0.185. The Morgan fingerprint density at radius 3 is 1.44 bits per heavy atom. The van der Waals surface area contributed by atoms with Gasteiger partial charge in [-0.05, 0) is 66.7 Å². The molecule has 0 saturated carbocycles. The van der Waals surface area contributed by atoms with E-state index in [1.165, 1.54) is 59.9 Å². The summed E-state index contributed by atoms with van der Waals surface area (Å²) in [5.41, 5.74) is 12.3. The summed E-state index contributed by atoms with van der Waals surface area (Å²) in [6.45, 7) is 0. The SMILES string of the molecule is c1ccc(-n2c3ccccc3c3c2ccc2c4ccc5c(c6ccccc6n5-c5cccc6oc7ccccc7c56)c4n(-c4ccccc4)c23)cc1. The monoisotopic (exact) mass is 663 g/mol. The minimum Gasteiger partial charge on any atom is -0.456 e. The number of rotatable bonds is 3. The summed E-state index contributed by atoms with van der Waals surface area (Å²) in [6.07, 6.45) is 0. The fourth-order valence-corrected chi connectivity index (χ4v) is 8.99. The number of benzene rings is 8. The minimum absolute atomic E-state index is 0.890. The van der Waals surface area contributed by atoms with Crippen molar-refractivity contribution in [2.24, 2.45) is 0 Å². The van der Waals surface area contributed by atoms with Crippen LogP contribution >= 0.6 is 0 Å². The Kier molecular flexibility index (Phi) is 5.47. The maximum absolute atomic E-state index is 6.39. The van der Waals surface area contributed by atoms with Crippen LogP contribution in [0.3, 0.4) is 0 Å². The first-order chi connectivity index (χ1) is 25.8. The van der Waals surface area contributed by atoms with Gasteiger partial charge >= 0.3 is 0 Å². The molecule has 4 heteroatoms. The van der Waals surface area contributed by atoms with Gasteiger partial charge in [0.1, 0.15) is 11.2 Å². The van der Waals surface area contributed by atoms with Gasteiger partial charge in [0.05, 0.1) is 44.2 Å². The van der Waals surface area contributed by atoms with Gasteiger partial charge < -0.3 is 18.1 Å². The lowest BCUT2D eigenvalue weighted by molar-refractivity contribution is 0.669. The van der Waals surface area contributed by atoms with Crippen LogP contribution in [0, 0.1) is 0 Å². The van der Waals surface area contributed by atoms with E-state index in [2.05, 4.69) is 184 Å². The van der Waals surface area contributed by atoms with Gasteiger partial charge in [0.25, 0.3) is 0 Å². The van der Waals surface area contributed by atoms with Crippen molar-refractivity contribution >= 4 is 87.4 Å². The molecule has 242 valence electrons. The standard InChI is InChI=1S/C48H29N3O/c1-3-14-30(15-4-1)49-37-21-10-7-18-34(37)45-40(49)28-26-32-33-27-29-41-46(48(33)50(47(32)45)31-16-5-2-6-17-31)35-19-8-11-22-38(35)51(41)39-23-13-25-43-44(39)36-20-9-12-24-42(36)52-43/h1-29H. The van der Waals surface area contributed by atoms with Crippen LogP contribution in [0.4, 0.5) is 0 Å². The van der Waals surface area contributed by atoms with Crippen LogP contribution in [-0.4, -0.2) is 13.7 Å². The highest BCUT2D eigenvalue weighted by Gasteiger charge is 2.25. The number of nitrogens with zero attached hydrogens (tertiary/aromatic N) is 3.